The SMILES string of the molecule is COC(CN)C(=O)Nc1ccc(-c2csc(C)n2)cc1.Cl. The number of rotatable bonds is 5. The van der Waals surface area contributed by atoms with E-state index in [-0.39, 0.29) is 24.9 Å². The van der Waals surface area contributed by atoms with Crippen LogP contribution in [-0.4, -0.2) is 30.6 Å². The van der Waals surface area contributed by atoms with Crippen LogP contribution in [0.3, 0.4) is 0 Å². The lowest BCUT2D eigenvalue weighted by molar-refractivity contribution is -0.125. The van der Waals surface area contributed by atoms with Crippen LogP contribution >= 0.6 is 23.7 Å². The van der Waals surface area contributed by atoms with E-state index in [1.54, 1.807) is 11.3 Å². The van der Waals surface area contributed by atoms with Crippen molar-refractivity contribution >= 4 is 35.3 Å². The van der Waals surface area contributed by atoms with Gasteiger partial charge >= 0.3 is 0 Å². The number of nitrogens with one attached hydrogen (secondary N) is 1. The largest absolute Gasteiger partial charge is 0.370 e. The summed E-state index contributed by atoms with van der Waals surface area (Å²) in [6.07, 6.45) is -0.629. The van der Waals surface area contributed by atoms with Gasteiger partial charge < -0.3 is 15.8 Å². The van der Waals surface area contributed by atoms with Crippen molar-refractivity contribution in [2.24, 2.45) is 5.73 Å². The zero-order valence-corrected chi connectivity index (χ0v) is 13.5. The van der Waals surface area contributed by atoms with E-state index in [0.717, 1.165) is 16.3 Å². The normalized spacial score (nSPS) is 11.6. The van der Waals surface area contributed by atoms with Crippen LogP contribution in [0.15, 0.2) is 29.6 Å². The van der Waals surface area contributed by atoms with E-state index in [9.17, 15) is 4.79 Å². The number of ether oxygens (including phenoxy) is 1. The number of nitrogens with two attached hydrogens (primary N) is 1. The summed E-state index contributed by atoms with van der Waals surface area (Å²) in [7, 11) is 1.46. The van der Waals surface area contributed by atoms with Gasteiger partial charge in [-0.15, -0.1) is 23.7 Å². The minimum Gasteiger partial charge on any atom is -0.370 e. The Morgan fingerprint density at radius 1 is 1.43 bits per heavy atom. The fourth-order valence-electron chi connectivity index (χ4n) is 1.75. The Bertz CT molecular complexity index is 582. The molecular weight excluding hydrogens is 310 g/mol. The highest BCUT2D eigenvalue weighted by Gasteiger charge is 2.15. The lowest BCUT2D eigenvalue weighted by Gasteiger charge is -2.13. The van der Waals surface area contributed by atoms with Crippen LogP contribution in [0.25, 0.3) is 11.3 Å². The Labute approximate surface area is 133 Å². The van der Waals surface area contributed by atoms with Crippen molar-refractivity contribution in [2.75, 3.05) is 19.0 Å². The van der Waals surface area contributed by atoms with Crippen LogP contribution in [0.1, 0.15) is 5.01 Å². The Morgan fingerprint density at radius 3 is 2.57 bits per heavy atom. The number of carbonyl (C=O) groups excluding carboxylic acids is 1. The molecule has 3 N–H and O–H groups in total. The molecule has 0 saturated carbocycles. The highest BCUT2D eigenvalue weighted by Crippen LogP contribution is 2.23. The van der Waals surface area contributed by atoms with Gasteiger partial charge in [-0.05, 0) is 19.1 Å². The monoisotopic (exact) mass is 327 g/mol. The Kier molecular flexibility index (Phi) is 6.77. The predicted molar refractivity (Wildman–Crippen MR) is 88.0 cm³/mol. The van der Waals surface area contributed by atoms with E-state index in [1.807, 2.05) is 36.6 Å². The van der Waals surface area contributed by atoms with Crippen molar-refractivity contribution in [2.45, 2.75) is 13.0 Å². The van der Waals surface area contributed by atoms with Gasteiger partial charge in [-0.1, -0.05) is 12.1 Å². The molecule has 1 heterocycles. The predicted octanol–water partition coefficient (Wildman–Crippen LogP) is 2.45. The first-order valence-corrected chi connectivity index (χ1v) is 7.08. The summed E-state index contributed by atoms with van der Waals surface area (Å²) in [6, 6.07) is 7.53. The van der Waals surface area contributed by atoms with Gasteiger partial charge in [-0.2, -0.15) is 0 Å². The third kappa shape index (κ3) is 4.50. The van der Waals surface area contributed by atoms with Crippen LogP contribution < -0.4 is 11.1 Å². The molecule has 0 aliphatic rings. The maximum Gasteiger partial charge on any atom is 0.254 e. The molecule has 0 aliphatic heterocycles. The summed E-state index contributed by atoms with van der Waals surface area (Å²) in [5.74, 6) is -0.243. The van der Waals surface area contributed by atoms with Gasteiger partial charge in [-0.3, -0.25) is 4.79 Å². The van der Waals surface area contributed by atoms with Crippen LogP contribution in [0, 0.1) is 6.92 Å². The fourth-order valence-corrected chi connectivity index (χ4v) is 2.38. The maximum absolute atomic E-state index is 11.8. The Hall–Kier alpha value is -1.47. The van der Waals surface area contributed by atoms with E-state index >= 15 is 0 Å². The molecule has 0 saturated heterocycles. The number of carbonyl (C=O) groups is 1. The van der Waals surface area contributed by atoms with Crippen molar-refractivity contribution < 1.29 is 9.53 Å². The molecule has 0 radical (unpaired) electrons. The molecule has 2 rings (SSSR count). The van der Waals surface area contributed by atoms with Crippen LogP contribution in [0.5, 0.6) is 0 Å². The smallest absolute Gasteiger partial charge is 0.254 e. The van der Waals surface area contributed by atoms with E-state index in [2.05, 4.69) is 10.3 Å². The fraction of sp³-hybridized carbons (Fsp3) is 0.286. The quantitative estimate of drug-likeness (QED) is 0.884. The molecule has 0 spiro atoms. The van der Waals surface area contributed by atoms with E-state index < -0.39 is 6.10 Å². The van der Waals surface area contributed by atoms with E-state index in [0.29, 0.717) is 5.69 Å². The Morgan fingerprint density at radius 2 is 2.10 bits per heavy atom. The highest BCUT2D eigenvalue weighted by molar-refractivity contribution is 7.09. The maximum atomic E-state index is 11.8. The summed E-state index contributed by atoms with van der Waals surface area (Å²) in [6.45, 7) is 2.12. The molecule has 0 aliphatic carbocycles. The lowest BCUT2D eigenvalue weighted by Crippen LogP contribution is -2.35. The number of methoxy groups -OCH3 is 1. The van der Waals surface area contributed by atoms with Crippen molar-refractivity contribution in [3.63, 3.8) is 0 Å². The molecule has 1 atom stereocenters. The summed E-state index contributed by atoms with van der Waals surface area (Å²) in [4.78, 5) is 16.2. The van der Waals surface area contributed by atoms with Crippen molar-refractivity contribution in [1.82, 2.24) is 4.98 Å². The number of halogens is 1. The Balaban J connectivity index is 0.00000220. The number of nitrogens with zero attached hydrogens (tertiary/aromatic N) is 1. The minimum absolute atomic E-state index is 0. The standard InChI is InChI=1S/C14H17N3O2S.ClH/c1-9-16-12(8-20-9)10-3-5-11(6-4-10)17-14(18)13(7-15)19-2;/h3-6,8,13H,7,15H2,1-2H3,(H,17,18);1H. The third-order valence-electron chi connectivity index (χ3n) is 2.86. The van der Waals surface area contributed by atoms with Gasteiger partial charge in [-0.25, -0.2) is 4.98 Å². The summed E-state index contributed by atoms with van der Waals surface area (Å²) >= 11 is 1.61. The molecule has 0 fully saturated rings. The van der Waals surface area contributed by atoms with Crippen LogP contribution in [0.4, 0.5) is 5.69 Å². The average molecular weight is 328 g/mol. The summed E-state index contributed by atoms with van der Waals surface area (Å²) < 4.78 is 4.98. The lowest BCUT2D eigenvalue weighted by atomic mass is 10.1. The van der Waals surface area contributed by atoms with Gasteiger partial charge in [0.05, 0.1) is 10.7 Å². The number of aryl methyl sites for hydroxylation is 1. The van der Waals surface area contributed by atoms with Crippen LogP contribution in [0.2, 0.25) is 0 Å². The van der Waals surface area contributed by atoms with Crippen molar-refractivity contribution in [1.29, 1.82) is 0 Å². The van der Waals surface area contributed by atoms with Gasteiger partial charge in [0, 0.05) is 30.3 Å². The van der Waals surface area contributed by atoms with Gasteiger partial charge in [0.15, 0.2) is 0 Å². The van der Waals surface area contributed by atoms with Crippen LogP contribution in [-0.2, 0) is 9.53 Å². The van der Waals surface area contributed by atoms with Crippen molar-refractivity contribution in [3.05, 3.63) is 34.7 Å². The zero-order chi connectivity index (χ0) is 14.5. The first-order chi connectivity index (χ1) is 9.63. The molecule has 1 aromatic carbocycles. The second-order valence-electron chi connectivity index (χ2n) is 4.28. The first-order valence-electron chi connectivity index (χ1n) is 6.20. The molecule has 21 heavy (non-hydrogen) atoms. The molecule has 5 nitrogen and oxygen atoms in total. The number of benzene rings is 1. The average Bonchev–Trinajstić information content (AvgIpc) is 2.87. The van der Waals surface area contributed by atoms with Gasteiger partial charge in [0.25, 0.3) is 5.91 Å². The number of hydrogen-bond donors (Lipinski definition) is 2. The summed E-state index contributed by atoms with van der Waals surface area (Å²) in [5, 5.41) is 5.81. The summed E-state index contributed by atoms with van der Waals surface area (Å²) in [5.41, 5.74) is 8.13. The second kappa shape index (κ2) is 8.09. The molecule has 114 valence electrons. The third-order valence-corrected chi connectivity index (χ3v) is 3.63. The number of amides is 1. The molecule has 1 unspecified atom stereocenters. The molecule has 2 aromatic rings. The van der Waals surface area contributed by atoms with E-state index in [1.165, 1.54) is 7.11 Å². The molecule has 1 amide bonds. The highest BCUT2D eigenvalue weighted by atomic mass is 35.5. The first kappa shape index (κ1) is 17.6. The van der Waals surface area contributed by atoms with Gasteiger partial charge in [0.2, 0.25) is 0 Å². The zero-order valence-electron chi connectivity index (χ0n) is 11.8. The molecule has 7 heteroatoms. The minimum atomic E-state index is -0.629. The second-order valence-corrected chi connectivity index (χ2v) is 5.34. The topological polar surface area (TPSA) is 77.2 Å². The number of thiazole rings is 1. The molecule has 0 bridgehead atoms. The number of anilines is 1. The van der Waals surface area contributed by atoms with Gasteiger partial charge in [0.1, 0.15) is 6.10 Å². The van der Waals surface area contributed by atoms with Crippen molar-refractivity contribution in [3.8, 4) is 11.3 Å². The van der Waals surface area contributed by atoms with E-state index in [4.69, 9.17) is 10.5 Å². The number of hydrogen-bond acceptors (Lipinski definition) is 5. The molecule has 1 aromatic heterocycles. The number of aromatic nitrogens is 1. The molecular formula is C14H18ClN3O2S.